The molecule has 0 radical (unpaired) electrons. The van der Waals surface area contributed by atoms with Gasteiger partial charge < -0.3 is 4.74 Å². The molecule has 0 fully saturated rings. The Balaban J connectivity index is 1.45. The number of fused-ring (bicyclic) bond motifs is 1. The molecule has 4 aromatic rings. The summed E-state index contributed by atoms with van der Waals surface area (Å²) < 4.78 is 5.82. The van der Waals surface area contributed by atoms with E-state index in [0.29, 0.717) is 19.0 Å². The van der Waals surface area contributed by atoms with Gasteiger partial charge in [-0.05, 0) is 47.5 Å². The molecule has 0 amide bonds. The van der Waals surface area contributed by atoms with E-state index in [4.69, 9.17) is 10.00 Å². The summed E-state index contributed by atoms with van der Waals surface area (Å²) in [5, 5.41) is 12.8. The van der Waals surface area contributed by atoms with E-state index in [1.54, 1.807) is 6.20 Å². The van der Waals surface area contributed by atoms with Gasteiger partial charge in [-0.15, -0.1) is 0 Å². The zero-order chi connectivity index (χ0) is 20.6. The van der Waals surface area contributed by atoms with Crippen molar-refractivity contribution in [2.45, 2.75) is 13.2 Å². The number of hydrogen-bond donors (Lipinski definition) is 1. The Morgan fingerprint density at radius 1 is 0.933 bits per heavy atom. The lowest BCUT2D eigenvalue weighted by atomic mass is 10.1. The van der Waals surface area contributed by atoms with Crippen LogP contribution in [-0.2, 0) is 13.2 Å². The predicted molar refractivity (Wildman–Crippen MR) is 118 cm³/mol. The Bertz CT molecular complexity index is 1200. The van der Waals surface area contributed by atoms with Crippen LogP contribution in [0.15, 0.2) is 96.1 Å². The van der Waals surface area contributed by atoms with Crippen LogP contribution in [0.5, 0.6) is 5.75 Å². The van der Waals surface area contributed by atoms with E-state index in [2.05, 4.69) is 15.3 Å². The van der Waals surface area contributed by atoms with Crippen LogP contribution < -0.4 is 10.1 Å². The smallest absolute Gasteiger partial charge is 0.182 e. The van der Waals surface area contributed by atoms with E-state index >= 15 is 0 Å². The van der Waals surface area contributed by atoms with Gasteiger partial charge in [0.25, 0.3) is 0 Å². The minimum Gasteiger partial charge on any atom is -0.489 e. The summed E-state index contributed by atoms with van der Waals surface area (Å²) in [7, 11) is 0. The largest absolute Gasteiger partial charge is 0.489 e. The number of nitriles is 1. The van der Waals surface area contributed by atoms with Crippen LogP contribution in [0.1, 0.15) is 16.7 Å². The summed E-state index contributed by atoms with van der Waals surface area (Å²) in [6.07, 6.45) is 3.74. The maximum Gasteiger partial charge on any atom is 0.182 e. The van der Waals surface area contributed by atoms with Crippen molar-refractivity contribution in [1.29, 1.82) is 5.26 Å². The number of aromatic nitrogens is 1. The summed E-state index contributed by atoms with van der Waals surface area (Å²) in [6, 6.07) is 27.6. The molecule has 0 aliphatic heterocycles. The van der Waals surface area contributed by atoms with Crippen LogP contribution in [0.3, 0.4) is 0 Å². The zero-order valence-corrected chi connectivity index (χ0v) is 16.3. The van der Waals surface area contributed by atoms with Gasteiger partial charge in [-0.25, -0.2) is 0 Å². The fourth-order valence-electron chi connectivity index (χ4n) is 3.08. The Labute approximate surface area is 175 Å². The summed E-state index contributed by atoms with van der Waals surface area (Å²) >= 11 is 0. The van der Waals surface area contributed by atoms with E-state index in [-0.39, 0.29) is 0 Å². The van der Waals surface area contributed by atoms with E-state index in [0.717, 1.165) is 33.3 Å². The molecule has 3 aromatic carbocycles. The topological polar surface area (TPSA) is 70.3 Å². The molecule has 30 heavy (non-hydrogen) atoms. The van der Waals surface area contributed by atoms with Crippen LogP contribution in [0.25, 0.3) is 10.9 Å². The molecule has 1 heterocycles. The molecule has 1 aromatic heterocycles. The van der Waals surface area contributed by atoms with Gasteiger partial charge in [0.2, 0.25) is 0 Å². The number of nitrogens with one attached hydrogen (secondary N) is 1. The second-order valence-electron chi connectivity index (χ2n) is 6.73. The van der Waals surface area contributed by atoms with E-state index < -0.39 is 0 Å². The van der Waals surface area contributed by atoms with Crippen molar-refractivity contribution in [3.63, 3.8) is 0 Å². The minimum absolute atomic E-state index is 0.452. The molecular weight excluding hydrogens is 372 g/mol. The molecular formula is C25H20N4O. The minimum atomic E-state index is 0.452. The molecule has 0 saturated carbocycles. The average Bonchev–Trinajstić information content (AvgIpc) is 2.81. The normalized spacial score (nSPS) is 11.1. The first-order valence-electron chi connectivity index (χ1n) is 9.62. The summed E-state index contributed by atoms with van der Waals surface area (Å²) in [5.41, 5.74) is 3.91. The summed E-state index contributed by atoms with van der Waals surface area (Å²) in [5.74, 6) is 1.34. The third kappa shape index (κ3) is 4.81. The molecule has 146 valence electrons. The number of ether oxygens (including phenoxy) is 1. The fraction of sp³-hybridized carbons (Fsp3) is 0.0800. The third-order valence-corrected chi connectivity index (χ3v) is 4.64. The Morgan fingerprint density at radius 3 is 2.57 bits per heavy atom. The van der Waals surface area contributed by atoms with E-state index in [1.807, 2.05) is 91.1 Å². The molecule has 0 unspecified atom stereocenters. The van der Waals surface area contributed by atoms with Gasteiger partial charge in [0.1, 0.15) is 18.2 Å². The monoisotopic (exact) mass is 392 g/mol. The summed E-state index contributed by atoms with van der Waals surface area (Å²) in [4.78, 5) is 8.93. The molecule has 0 spiro atoms. The highest BCUT2D eigenvalue weighted by atomic mass is 16.5. The molecule has 0 atom stereocenters. The molecule has 5 nitrogen and oxygen atoms in total. The number of pyridine rings is 1. The lowest BCUT2D eigenvalue weighted by Gasteiger charge is -2.08. The number of rotatable bonds is 6. The van der Waals surface area contributed by atoms with Crippen LogP contribution >= 0.6 is 0 Å². The Morgan fingerprint density at radius 2 is 1.77 bits per heavy atom. The van der Waals surface area contributed by atoms with Crippen molar-refractivity contribution in [3.8, 4) is 11.9 Å². The van der Waals surface area contributed by atoms with Crippen molar-refractivity contribution >= 4 is 16.7 Å². The van der Waals surface area contributed by atoms with Gasteiger partial charge in [0.05, 0.1) is 12.1 Å². The molecule has 0 aliphatic rings. The van der Waals surface area contributed by atoms with Crippen molar-refractivity contribution in [3.05, 3.63) is 108 Å². The van der Waals surface area contributed by atoms with E-state index in [1.165, 1.54) is 0 Å². The number of benzene rings is 3. The van der Waals surface area contributed by atoms with Gasteiger partial charge in [-0.1, -0.05) is 48.5 Å². The first-order valence-corrected chi connectivity index (χ1v) is 9.62. The average molecular weight is 392 g/mol. The summed E-state index contributed by atoms with van der Waals surface area (Å²) in [6.45, 7) is 0.986. The zero-order valence-electron chi connectivity index (χ0n) is 16.3. The Hall–Kier alpha value is -4.17. The third-order valence-electron chi connectivity index (χ3n) is 4.64. The number of aliphatic imine (C=N–C) groups is 1. The Kier molecular flexibility index (Phi) is 5.97. The highest BCUT2D eigenvalue weighted by Gasteiger charge is 2.05. The van der Waals surface area contributed by atoms with Crippen LogP contribution in [0, 0.1) is 11.5 Å². The maximum absolute atomic E-state index is 9.13. The van der Waals surface area contributed by atoms with Crippen molar-refractivity contribution in [1.82, 2.24) is 10.3 Å². The van der Waals surface area contributed by atoms with Crippen molar-refractivity contribution in [2.24, 2.45) is 4.99 Å². The number of amidine groups is 1. The number of hydrogen-bond acceptors (Lipinski definition) is 4. The van der Waals surface area contributed by atoms with E-state index in [9.17, 15) is 0 Å². The van der Waals surface area contributed by atoms with Crippen LogP contribution in [0.4, 0.5) is 0 Å². The molecule has 0 saturated heterocycles. The molecule has 4 rings (SSSR count). The maximum atomic E-state index is 9.13. The van der Waals surface area contributed by atoms with Crippen molar-refractivity contribution < 1.29 is 4.74 Å². The van der Waals surface area contributed by atoms with Gasteiger partial charge in [0.15, 0.2) is 6.19 Å². The first kappa shape index (κ1) is 19.2. The van der Waals surface area contributed by atoms with Gasteiger partial charge in [-0.3, -0.25) is 15.3 Å². The predicted octanol–water partition coefficient (Wildman–Crippen LogP) is 4.83. The fourth-order valence-corrected chi connectivity index (χ4v) is 3.08. The molecule has 0 aliphatic carbocycles. The van der Waals surface area contributed by atoms with Crippen LogP contribution in [-0.4, -0.2) is 10.8 Å². The van der Waals surface area contributed by atoms with Crippen LogP contribution in [0.2, 0.25) is 0 Å². The number of nitrogens with zero attached hydrogens (tertiary/aromatic N) is 3. The second kappa shape index (κ2) is 9.35. The van der Waals surface area contributed by atoms with Crippen molar-refractivity contribution in [2.75, 3.05) is 0 Å². The first-order chi connectivity index (χ1) is 14.8. The van der Waals surface area contributed by atoms with Gasteiger partial charge in [0, 0.05) is 17.1 Å². The highest BCUT2D eigenvalue weighted by Crippen LogP contribution is 2.16. The standard InChI is InChI=1S/C25H20N4O/c26-18-29-25(22-10-13-24-21(15-22)7-4-14-27-24)28-16-19-8-11-23(12-9-19)30-17-20-5-2-1-3-6-20/h1-15H,16-17H2,(H,28,29). The van der Waals surface area contributed by atoms with Gasteiger partial charge >= 0.3 is 0 Å². The second-order valence-corrected chi connectivity index (χ2v) is 6.73. The molecule has 0 bridgehead atoms. The molecule has 1 N–H and O–H groups in total. The lowest BCUT2D eigenvalue weighted by molar-refractivity contribution is 0.306. The van der Waals surface area contributed by atoms with Gasteiger partial charge in [-0.2, -0.15) is 5.26 Å². The SMILES string of the molecule is N#CNC(=NCc1ccc(OCc2ccccc2)cc1)c1ccc2ncccc2c1. The quantitative estimate of drug-likeness (QED) is 0.221. The molecule has 5 heteroatoms. The highest BCUT2D eigenvalue weighted by molar-refractivity contribution is 6.02. The lowest BCUT2D eigenvalue weighted by Crippen LogP contribution is -2.19.